The molecule has 0 saturated carbocycles. The maximum atomic E-state index is 14.3. The highest BCUT2D eigenvalue weighted by atomic mass is 19.2. The van der Waals surface area contributed by atoms with Crippen LogP contribution in [0.5, 0.6) is 11.5 Å². The molecule has 0 unspecified atom stereocenters. The Kier molecular flexibility index (Phi) is 9.62. The van der Waals surface area contributed by atoms with Crippen molar-refractivity contribution in [3.8, 4) is 11.5 Å². The molecular weight excluding hydrogens is 374 g/mol. The van der Waals surface area contributed by atoms with Gasteiger partial charge in [-0.25, -0.2) is 13.6 Å². The van der Waals surface area contributed by atoms with Crippen molar-refractivity contribution >= 4 is 5.97 Å². The van der Waals surface area contributed by atoms with Crippen molar-refractivity contribution in [2.75, 3.05) is 6.61 Å². The molecule has 0 heterocycles. The van der Waals surface area contributed by atoms with Crippen LogP contribution in [0.15, 0.2) is 36.4 Å². The van der Waals surface area contributed by atoms with Crippen LogP contribution in [0.25, 0.3) is 0 Å². The Morgan fingerprint density at radius 1 is 0.793 bits per heavy atom. The number of ether oxygens (including phenoxy) is 2. The number of carbonyl (C=O) groups excluding carboxylic acids is 1. The fourth-order valence-corrected chi connectivity index (χ4v) is 2.99. The van der Waals surface area contributed by atoms with Gasteiger partial charge in [0.1, 0.15) is 11.5 Å². The normalized spacial score (nSPS) is 10.8. The zero-order valence-electron chi connectivity index (χ0n) is 17.3. The highest BCUT2D eigenvalue weighted by Gasteiger charge is 2.20. The van der Waals surface area contributed by atoms with Gasteiger partial charge in [0.05, 0.1) is 12.2 Å². The molecule has 0 amide bonds. The van der Waals surface area contributed by atoms with E-state index < -0.39 is 23.2 Å². The smallest absolute Gasteiger partial charge is 0.346 e. The van der Waals surface area contributed by atoms with Gasteiger partial charge in [0.15, 0.2) is 11.6 Å². The van der Waals surface area contributed by atoms with Gasteiger partial charge in [0.2, 0.25) is 0 Å². The van der Waals surface area contributed by atoms with E-state index in [1.54, 1.807) is 24.3 Å². The topological polar surface area (TPSA) is 35.5 Å². The van der Waals surface area contributed by atoms with Gasteiger partial charge in [-0.15, -0.1) is 0 Å². The standard InChI is InChI=1S/C24H30F2O3/c1-3-5-7-9-17-28-19-12-14-20(15-13-19)29-24(27)21-16-11-18(10-8-6-4-2)22(25)23(21)26/h11-16H,3-10,17H2,1-2H3. The Hall–Kier alpha value is -2.43. The number of unbranched alkanes of at least 4 members (excludes halogenated alkanes) is 5. The third kappa shape index (κ3) is 7.15. The van der Waals surface area contributed by atoms with Gasteiger partial charge in [-0.2, -0.15) is 0 Å². The zero-order chi connectivity index (χ0) is 21.1. The second-order valence-corrected chi connectivity index (χ2v) is 7.13. The molecule has 158 valence electrons. The molecule has 2 aromatic carbocycles. The third-order valence-corrected chi connectivity index (χ3v) is 4.73. The molecule has 0 aromatic heterocycles. The van der Waals surface area contributed by atoms with Gasteiger partial charge in [0, 0.05) is 0 Å². The van der Waals surface area contributed by atoms with E-state index in [0.717, 1.165) is 32.1 Å². The van der Waals surface area contributed by atoms with Crippen molar-refractivity contribution in [3.05, 3.63) is 59.2 Å². The van der Waals surface area contributed by atoms with Crippen LogP contribution in [0.4, 0.5) is 8.78 Å². The Balaban J connectivity index is 1.93. The molecule has 29 heavy (non-hydrogen) atoms. The van der Waals surface area contributed by atoms with E-state index in [1.807, 2.05) is 6.92 Å². The van der Waals surface area contributed by atoms with Gasteiger partial charge in [-0.1, -0.05) is 52.0 Å². The lowest BCUT2D eigenvalue weighted by molar-refractivity contribution is 0.0728. The molecule has 0 aliphatic rings. The largest absolute Gasteiger partial charge is 0.494 e. The minimum Gasteiger partial charge on any atom is -0.494 e. The van der Waals surface area contributed by atoms with Crippen LogP contribution in [0, 0.1) is 11.6 Å². The molecule has 5 heteroatoms. The predicted molar refractivity (Wildman–Crippen MR) is 111 cm³/mol. The monoisotopic (exact) mass is 404 g/mol. The molecule has 0 bridgehead atoms. The number of aryl methyl sites for hydroxylation is 1. The summed E-state index contributed by atoms with van der Waals surface area (Å²) in [4.78, 5) is 12.3. The maximum absolute atomic E-state index is 14.3. The lowest BCUT2D eigenvalue weighted by Gasteiger charge is -2.10. The molecule has 0 atom stereocenters. The van der Waals surface area contributed by atoms with E-state index in [1.165, 1.54) is 25.0 Å². The van der Waals surface area contributed by atoms with E-state index in [4.69, 9.17) is 9.47 Å². The molecule has 0 radical (unpaired) electrons. The van der Waals surface area contributed by atoms with E-state index in [0.29, 0.717) is 18.8 Å². The number of carbonyl (C=O) groups is 1. The minimum absolute atomic E-state index is 0.250. The highest BCUT2D eigenvalue weighted by molar-refractivity contribution is 5.91. The fraction of sp³-hybridized carbons (Fsp3) is 0.458. The van der Waals surface area contributed by atoms with Crippen LogP contribution in [0.3, 0.4) is 0 Å². The minimum atomic E-state index is -1.16. The van der Waals surface area contributed by atoms with E-state index in [-0.39, 0.29) is 11.3 Å². The average molecular weight is 404 g/mol. The fourth-order valence-electron chi connectivity index (χ4n) is 2.99. The van der Waals surface area contributed by atoms with Crippen molar-refractivity contribution < 1.29 is 23.0 Å². The van der Waals surface area contributed by atoms with Crippen molar-refractivity contribution in [1.82, 2.24) is 0 Å². The maximum Gasteiger partial charge on any atom is 0.346 e. The Morgan fingerprint density at radius 2 is 1.45 bits per heavy atom. The highest BCUT2D eigenvalue weighted by Crippen LogP contribution is 2.22. The number of benzene rings is 2. The first-order chi connectivity index (χ1) is 14.1. The van der Waals surface area contributed by atoms with Crippen LogP contribution in [-0.2, 0) is 6.42 Å². The summed E-state index contributed by atoms with van der Waals surface area (Å²) in [5, 5.41) is 0. The predicted octanol–water partition coefficient (Wildman–Crippen LogP) is 6.88. The molecule has 3 nitrogen and oxygen atoms in total. The summed E-state index contributed by atoms with van der Waals surface area (Å²) in [6.45, 7) is 4.83. The van der Waals surface area contributed by atoms with Gasteiger partial charge in [0.25, 0.3) is 0 Å². The number of hydrogen-bond acceptors (Lipinski definition) is 3. The van der Waals surface area contributed by atoms with Crippen LogP contribution in [-0.4, -0.2) is 12.6 Å². The first-order valence-electron chi connectivity index (χ1n) is 10.5. The summed E-state index contributed by atoms with van der Waals surface area (Å²) in [7, 11) is 0. The second-order valence-electron chi connectivity index (χ2n) is 7.13. The summed E-state index contributed by atoms with van der Waals surface area (Å²) in [6.07, 6.45) is 7.66. The quantitative estimate of drug-likeness (QED) is 0.220. The van der Waals surface area contributed by atoms with Gasteiger partial charge in [-0.3, -0.25) is 0 Å². The molecule has 0 fully saturated rings. The molecule has 0 spiro atoms. The lowest BCUT2D eigenvalue weighted by Crippen LogP contribution is -2.13. The summed E-state index contributed by atoms with van der Waals surface area (Å²) < 4.78 is 39.4. The number of halogens is 2. The Bertz CT molecular complexity index is 772. The van der Waals surface area contributed by atoms with E-state index in [2.05, 4.69) is 6.92 Å². The zero-order valence-corrected chi connectivity index (χ0v) is 17.3. The summed E-state index contributed by atoms with van der Waals surface area (Å²) in [5.41, 5.74) is -0.120. The molecule has 2 aromatic rings. The molecule has 0 aliphatic carbocycles. The summed E-state index contributed by atoms with van der Waals surface area (Å²) in [5.74, 6) is -2.12. The Morgan fingerprint density at radius 3 is 2.14 bits per heavy atom. The van der Waals surface area contributed by atoms with Gasteiger partial charge in [-0.05, 0) is 55.2 Å². The molecule has 2 rings (SSSR count). The van der Waals surface area contributed by atoms with Crippen molar-refractivity contribution in [3.63, 3.8) is 0 Å². The summed E-state index contributed by atoms with van der Waals surface area (Å²) >= 11 is 0. The van der Waals surface area contributed by atoms with Gasteiger partial charge >= 0.3 is 5.97 Å². The second kappa shape index (κ2) is 12.2. The van der Waals surface area contributed by atoms with Crippen LogP contribution in [0.2, 0.25) is 0 Å². The summed E-state index contributed by atoms with van der Waals surface area (Å²) in [6, 6.07) is 9.28. The third-order valence-electron chi connectivity index (χ3n) is 4.73. The molecular formula is C24H30F2O3. The lowest BCUT2D eigenvalue weighted by atomic mass is 10.0. The first kappa shape index (κ1) is 22.9. The van der Waals surface area contributed by atoms with Crippen LogP contribution in [0.1, 0.15) is 74.7 Å². The molecule has 0 saturated heterocycles. The number of esters is 1. The SMILES string of the molecule is CCCCCCOc1ccc(OC(=O)c2ccc(CCCCC)c(F)c2F)cc1. The average Bonchev–Trinajstić information content (AvgIpc) is 2.72. The van der Waals surface area contributed by atoms with E-state index in [9.17, 15) is 13.6 Å². The van der Waals surface area contributed by atoms with Crippen molar-refractivity contribution in [2.45, 2.75) is 65.2 Å². The first-order valence-corrected chi connectivity index (χ1v) is 10.5. The molecule has 0 N–H and O–H groups in total. The number of hydrogen-bond donors (Lipinski definition) is 0. The number of rotatable bonds is 12. The van der Waals surface area contributed by atoms with Crippen LogP contribution < -0.4 is 9.47 Å². The van der Waals surface area contributed by atoms with E-state index >= 15 is 0 Å². The van der Waals surface area contributed by atoms with Crippen LogP contribution >= 0.6 is 0 Å². The van der Waals surface area contributed by atoms with Crippen molar-refractivity contribution in [2.24, 2.45) is 0 Å². The van der Waals surface area contributed by atoms with Crippen molar-refractivity contribution in [1.29, 1.82) is 0 Å². The van der Waals surface area contributed by atoms with Gasteiger partial charge < -0.3 is 9.47 Å². The molecule has 0 aliphatic heterocycles. The Labute approximate surface area is 172 Å².